The molecule has 0 aliphatic rings. The van der Waals surface area contributed by atoms with Crippen molar-refractivity contribution in [3.05, 3.63) is 28.1 Å². The lowest BCUT2D eigenvalue weighted by atomic mass is 10.4. The number of aromatic amines is 1. The van der Waals surface area contributed by atoms with E-state index in [9.17, 15) is 0 Å². The molecule has 0 aliphatic carbocycles. The van der Waals surface area contributed by atoms with Gasteiger partial charge in [0.15, 0.2) is 3.95 Å². The standard InChI is InChI=1S/C7H7N3OS2/c12-7-10-9-6(13-7)8-4-5-2-1-3-11-5/h1-3H,4H2,(H,8,9)(H,10,12). The zero-order chi connectivity index (χ0) is 9.10. The predicted molar refractivity (Wildman–Crippen MR) is 53.3 cm³/mol. The molecule has 13 heavy (non-hydrogen) atoms. The molecule has 0 aliphatic heterocycles. The third-order valence-electron chi connectivity index (χ3n) is 1.43. The van der Waals surface area contributed by atoms with Crippen molar-refractivity contribution in [3.63, 3.8) is 0 Å². The van der Waals surface area contributed by atoms with Gasteiger partial charge >= 0.3 is 0 Å². The lowest BCUT2D eigenvalue weighted by molar-refractivity contribution is 0.518. The van der Waals surface area contributed by atoms with Gasteiger partial charge in [-0.1, -0.05) is 11.3 Å². The summed E-state index contributed by atoms with van der Waals surface area (Å²) in [4.78, 5) is 0. The van der Waals surface area contributed by atoms with Gasteiger partial charge in [-0.2, -0.15) is 0 Å². The van der Waals surface area contributed by atoms with Gasteiger partial charge < -0.3 is 9.73 Å². The summed E-state index contributed by atoms with van der Waals surface area (Å²) in [5.41, 5.74) is 0. The summed E-state index contributed by atoms with van der Waals surface area (Å²) in [5, 5.41) is 10.5. The average molecular weight is 213 g/mol. The van der Waals surface area contributed by atoms with Crippen LogP contribution in [0.15, 0.2) is 22.8 Å². The summed E-state index contributed by atoms with van der Waals surface area (Å²) in [7, 11) is 0. The Morgan fingerprint density at radius 1 is 1.69 bits per heavy atom. The normalized spacial score (nSPS) is 10.2. The summed E-state index contributed by atoms with van der Waals surface area (Å²) in [6.45, 7) is 0.628. The van der Waals surface area contributed by atoms with Crippen molar-refractivity contribution in [3.8, 4) is 0 Å². The fourth-order valence-corrected chi connectivity index (χ4v) is 1.67. The lowest BCUT2D eigenvalue weighted by Crippen LogP contribution is -1.96. The van der Waals surface area contributed by atoms with Gasteiger partial charge in [-0.15, -0.1) is 5.10 Å². The highest BCUT2D eigenvalue weighted by Gasteiger charge is 1.98. The summed E-state index contributed by atoms with van der Waals surface area (Å²) in [6, 6.07) is 3.75. The van der Waals surface area contributed by atoms with Crippen molar-refractivity contribution in [1.82, 2.24) is 10.2 Å². The Hall–Kier alpha value is -1.14. The Balaban J connectivity index is 1.97. The molecule has 2 aromatic rings. The van der Waals surface area contributed by atoms with Crippen molar-refractivity contribution < 1.29 is 4.42 Å². The molecular weight excluding hydrogens is 206 g/mol. The number of hydrogen-bond donors (Lipinski definition) is 2. The van der Waals surface area contributed by atoms with Crippen LogP contribution >= 0.6 is 23.6 Å². The third kappa shape index (κ3) is 2.16. The molecule has 0 fully saturated rings. The van der Waals surface area contributed by atoms with Crippen LogP contribution in [0.5, 0.6) is 0 Å². The van der Waals surface area contributed by atoms with Crippen molar-refractivity contribution in [2.75, 3.05) is 5.32 Å². The molecule has 2 aromatic heterocycles. The molecule has 0 saturated heterocycles. The van der Waals surface area contributed by atoms with Crippen LogP contribution in [0.1, 0.15) is 5.76 Å². The molecule has 2 rings (SSSR count). The third-order valence-corrected chi connectivity index (χ3v) is 2.48. The molecule has 0 bridgehead atoms. The van der Waals surface area contributed by atoms with Gasteiger partial charge in [0.2, 0.25) is 5.13 Å². The fraction of sp³-hybridized carbons (Fsp3) is 0.143. The zero-order valence-corrected chi connectivity index (χ0v) is 8.24. The van der Waals surface area contributed by atoms with E-state index in [1.807, 2.05) is 12.1 Å². The van der Waals surface area contributed by atoms with Crippen LogP contribution in [0.4, 0.5) is 5.13 Å². The molecule has 0 atom stereocenters. The van der Waals surface area contributed by atoms with Crippen LogP contribution < -0.4 is 5.32 Å². The second kappa shape index (κ2) is 3.71. The maximum absolute atomic E-state index is 5.14. The number of rotatable bonds is 3. The molecule has 68 valence electrons. The number of H-pyrrole nitrogens is 1. The van der Waals surface area contributed by atoms with Crippen LogP contribution in [0, 0.1) is 3.95 Å². The van der Waals surface area contributed by atoms with Crippen molar-refractivity contribution >= 4 is 28.7 Å². The van der Waals surface area contributed by atoms with Crippen LogP contribution in [-0.4, -0.2) is 10.2 Å². The van der Waals surface area contributed by atoms with Crippen LogP contribution in [0.3, 0.4) is 0 Å². The van der Waals surface area contributed by atoms with E-state index < -0.39 is 0 Å². The van der Waals surface area contributed by atoms with E-state index in [2.05, 4.69) is 15.5 Å². The minimum Gasteiger partial charge on any atom is -0.467 e. The highest BCUT2D eigenvalue weighted by atomic mass is 32.1. The number of nitrogens with zero attached hydrogens (tertiary/aromatic N) is 1. The first kappa shape index (κ1) is 8.46. The average Bonchev–Trinajstić information content (AvgIpc) is 2.71. The summed E-state index contributed by atoms with van der Waals surface area (Å²) in [5.74, 6) is 0.876. The molecular formula is C7H7N3OS2. The quantitative estimate of drug-likeness (QED) is 0.769. The molecule has 6 heteroatoms. The first-order chi connectivity index (χ1) is 6.34. The van der Waals surface area contributed by atoms with Gasteiger partial charge in [-0.25, -0.2) is 0 Å². The van der Waals surface area contributed by atoms with E-state index in [0.29, 0.717) is 10.5 Å². The Bertz CT molecular complexity index is 417. The lowest BCUT2D eigenvalue weighted by Gasteiger charge is -1.96. The van der Waals surface area contributed by atoms with E-state index in [0.717, 1.165) is 10.9 Å². The summed E-state index contributed by atoms with van der Waals surface area (Å²) < 4.78 is 5.81. The number of furan rings is 1. The molecule has 0 unspecified atom stereocenters. The molecule has 2 heterocycles. The van der Waals surface area contributed by atoms with Gasteiger partial charge in [0.1, 0.15) is 5.76 Å². The van der Waals surface area contributed by atoms with Gasteiger partial charge in [0.05, 0.1) is 12.8 Å². The van der Waals surface area contributed by atoms with E-state index in [-0.39, 0.29) is 0 Å². The van der Waals surface area contributed by atoms with Gasteiger partial charge in [-0.3, -0.25) is 5.10 Å². The SMILES string of the molecule is S=c1[nH]nc(NCc2ccco2)s1. The Labute approximate surface area is 83.6 Å². The van der Waals surface area contributed by atoms with Crippen molar-refractivity contribution in [2.45, 2.75) is 6.54 Å². The zero-order valence-electron chi connectivity index (χ0n) is 6.61. The second-order valence-corrected chi connectivity index (χ2v) is 4.02. The number of aromatic nitrogens is 2. The topological polar surface area (TPSA) is 53.9 Å². The van der Waals surface area contributed by atoms with E-state index >= 15 is 0 Å². The maximum atomic E-state index is 5.14. The Kier molecular flexibility index (Phi) is 2.42. The van der Waals surface area contributed by atoms with Crippen molar-refractivity contribution in [2.24, 2.45) is 0 Å². The second-order valence-electron chi connectivity index (χ2n) is 2.35. The van der Waals surface area contributed by atoms with Crippen LogP contribution in [0.25, 0.3) is 0 Å². The number of anilines is 1. The fourth-order valence-electron chi connectivity index (χ4n) is 0.881. The first-order valence-electron chi connectivity index (χ1n) is 3.66. The predicted octanol–water partition coefficient (Wildman–Crippen LogP) is 2.41. The Morgan fingerprint density at radius 2 is 2.62 bits per heavy atom. The van der Waals surface area contributed by atoms with Crippen molar-refractivity contribution in [1.29, 1.82) is 0 Å². The first-order valence-corrected chi connectivity index (χ1v) is 4.89. The summed E-state index contributed by atoms with van der Waals surface area (Å²) in [6.07, 6.45) is 1.64. The molecule has 0 aromatic carbocycles. The smallest absolute Gasteiger partial charge is 0.204 e. The minimum atomic E-state index is 0.628. The summed E-state index contributed by atoms with van der Waals surface area (Å²) >= 11 is 6.29. The van der Waals surface area contributed by atoms with E-state index in [1.165, 1.54) is 11.3 Å². The van der Waals surface area contributed by atoms with Gasteiger partial charge in [-0.05, 0) is 24.4 Å². The molecule has 0 radical (unpaired) electrons. The van der Waals surface area contributed by atoms with Gasteiger partial charge in [0, 0.05) is 0 Å². The molecule has 0 spiro atoms. The van der Waals surface area contributed by atoms with Crippen LogP contribution in [-0.2, 0) is 6.54 Å². The molecule has 0 saturated carbocycles. The molecule has 2 N–H and O–H groups in total. The molecule has 4 nitrogen and oxygen atoms in total. The Morgan fingerprint density at radius 3 is 3.23 bits per heavy atom. The maximum Gasteiger partial charge on any atom is 0.204 e. The number of hydrogen-bond acceptors (Lipinski definition) is 5. The minimum absolute atomic E-state index is 0.628. The van der Waals surface area contributed by atoms with Crippen LogP contribution in [0.2, 0.25) is 0 Å². The highest BCUT2D eigenvalue weighted by molar-refractivity contribution is 7.73. The number of nitrogens with one attached hydrogen (secondary N) is 2. The molecule has 0 amide bonds. The monoisotopic (exact) mass is 213 g/mol. The highest BCUT2D eigenvalue weighted by Crippen LogP contribution is 2.12. The van der Waals surface area contributed by atoms with Gasteiger partial charge in [0.25, 0.3) is 0 Å². The van der Waals surface area contributed by atoms with E-state index in [4.69, 9.17) is 16.6 Å². The largest absolute Gasteiger partial charge is 0.467 e. The van der Waals surface area contributed by atoms with E-state index in [1.54, 1.807) is 6.26 Å².